The van der Waals surface area contributed by atoms with Gasteiger partial charge in [0, 0.05) is 16.3 Å². The number of carbonyl (C=O) groups is 1. The maximum Gasteiger partial charge on any atom is 0.279 e. The molecule has 2 aromatic rings. The van der Waals surface area contributed by atoms with Crippen LogP contribution in [-0.4, -0.2) is 12.5 Å². The van der Waals surface area contributed by atoms with Crippen LogP contribution in [0.15, 0.2) is 42.5 Å². The van der Waals surface area contributed by atoms with Crippen molar-refractivity contribution in [3.8, 4) is 0 Å². The number of anilines is 1. The molecule has 5 heteroatoms. The maximum atomic E-state index is 13.4. The Kier molecular flexibility index (Phi) is 5.52. The van der Waals surface area contributed by atoms with E-state index in [2.05, 4.69) is 5.32 Å². The Morgan fingerprint density at radius 2 is 2.09 bits per heavy atom. The van der Waals surface area contributed by atoms with Crippen molar-refractivity contribution in [1.82, 2.24) is 0 Å². The number of hydrogen-bond donors (Lipinski definition) is 2. The van der Waals surface area contributed by atoms with Crippen molar-refractivity contribution in [3.63, 3.8) is 0 Å². The van der Waals surface area contributed by atoms with Gasteiger partial charge in [-0.2, -0.15) is 0 Å². The van der Waals surface area contributed by atoms with E-state index in [9.17, 15) is 9.18 Å². The van der Waals surface area contributed by atoms with Crippen molar-refractivity contribution >= 4 is 23.2 Å². The van der Waals surface area contributed by atoms with Gasteiger partial charge in [0.05, 0.1) is 0 Å². The Balaban J connectivity index is 1.88. The largest absolute Gasteiger partial charge is 0.333 e. The van der Waals surface area contributed by atoms with Gasteiger partial charge in [0.25, 0.3) is 5.91 Å². The molecule has 22 heavy (non-hydrogen) atoms. The van der Waals surface area contributed by atoms with E-state index in [1.165, 1.54) is 6.07 Å². The quantitative estimate of drug-likeness (QED) is 0.873. The zero-order chi connectivity index (χ0) is 16.1. The maximum absolute atomic E-state index is 13.4. The standard InChI is InChI=1S/C17H18ClFN2O/c1-11-6-7-15(9-16(11)19)21-17(22)10-20-12(2)13-4-3-5-14(18)8-13/h3-9,12,20H,10H2,1-2H3,(H,21,22)/p+1/t12-/m1/s1. The van der Waals surface area contributed by atoms with E-state index in [0.717, 1.165) is 5.56 Å². The van der Waals surface area contributed by atoms with E-state index in [1.54, 1.807) is 19.1 Å². The first kappa shape index (κ1) is 16.5. The molecule has 0 heterocycles. The second kappa shape index (κ2) is 7.38. The summed E-state index contributed by atoms with van der Waals surface area (Å²) in [5, 5.41) is 5.28. The second-order valence-electron chi connectivity index (χ2n) is 5.30. The number of benzene rings is 2. The highest BCUT2D eigenvalue weighted by Gasteiger charge is 2.12. The molecular formula is C17H19ClFN2O+. The van der Waals surface area contributed by atoms with Crippen molar-refractivity contribution < 1.29 is 14.5 Å². The Hall–Kier alpha value is -1.91. The topological polar surface area (TPSA) is 45.7 Å². The smallest absolute Gasteiger partial charge is 0.279 e. The number of nitrogens with two attached hydrogens (primary N) is 1. The molecule has 0 fully saturated rings. The molecule has 0 bridgehead atoms. The number of amides is 1. The summed E-state index contributed by atoms with van der Waals surface area (Å²) in [6, 6.07) is 12.3. The average Bonchev–Trinajstić information content (AvgIpc) is 2.48. The minimum Gasteiger partial charge on any atom is -0.333 e. The number of rotatable bonds is 5. The van der Waals surface area contributed by atoms with Gasteiger partial charge in [-0.05, 0) is 43.7 Å². The summed E-state index contributed by atoms with van der Waals surface area (Å²) in [4.78, 5) is 11.9. The molecule has 3 N–H and O–H groups in total. The molecule has 0 saturated carbocycles. The van der Waals surface area contributed by atoms with E-state index < -0.39 is 0 Å². The predicted molar refractivity (Wildman–Crippen MR) is 86.4 cm³/mol. The number of halogens is 2. The molecule has 2 rings (SSSR count). The number of quaternary nitrogens is 1. The molecule has 3 nitrogen and oxygen atoms in total. The molecule has 0 aliphatic carbocycles. The molecule has 1 atom stereocenters. The molecule has 0 aromatic heterocycles. The van der Waals surface area contributed by atoms with Crippen molar-refractivity contribution in [2.24, 2.45) is 0 Å². The highest BCUT2D eigenvalue weighted by molar-refractivity contribution is 6.30. The molecule has 0 aliphatic heterocycles. The fraction of sp³-hybridized carbons (Fsp3) is 0.235. The van der Waals surface area contributed by atoms with Gasteiger partial charge in [-0.25, -0.2) is 4.39 Å². The number of hydrogen-bond acceptors (Lipinski definition) is 1. The van der Waals surface area contributed by atoms with Gasteiger partial charge >= 0.3 is 0 Å². The minimum absolute atomic E-state index is 0.110. The summed E-state index contributed by atoms with van der Waals surface area (Å²) < 4.78 is 13.4. The molecule has 0 radical (unpaired) electrons. The van der Waals surface area contributed by atoms with Gasteiger partial charge in [-0.15, -0.1) is 0 Å². The van der Waals surface area contributed by atoms with Crippen molar-refractivity contribution in [1.29, 1.82) is 0 Å². The van der Waals surface area contributed by atoms with E-state index >= 15 is 0 Å². The highest BCUT2D eigenvalue weighted by Crippen LogP contribution is 2.15. The number of nitrogens with one attached hydrogen (secondary N) is 1. The van der Waals surface area contributed by atoms with Crippen LogP contribution in [0.5, 0.6) is 0 Å². The lowest BCUT2D eigenvalue weighted by molar-refractivity contribution is -0.682. The summed E-state index contributed by atoms with van der Waals surface area (Å²) in [6.07, 6.45) is 0. The molecule has 0 unspecified atom stereocenters. The van der Waals surface area contributed by atoms with Crippen LogP contribution in [0, 0.1) is 12.7 Å². The first-order chi connectivity index (χ1) is 10.5. The molecule has 116 valence electrons. The molecular weight excluding hydrogens is 303 g/mol. The van der Waals surface area contributed by atoms with Gasteiger partial charge < -0.3 is 10.6 Å². The zero-order valence-corrected chi connectivity index (χ0v) is 13.3. The lowest BCUT2D eigenvalue weighted by Gasteiger charge is -2.11. The van der Waals surface area contributed by atoms with Crippen LogP contribution in [-0.2, 0) is 4.79 Å². The number of aryl methyl sites for hydroxylation is 1. The Morgan fingerprint density at radius 3 is 2.77 bits per heavy atom. The van der Waals surface area contributed by atoms with Crippen molar-refractivity contribution in [3.05, 3.63) is 64.4 Å². The minimum atomic E-state index is -0.325. The zero-order valence-electron chi connectivity index (χ0n) is 12.6. The average molecular weight is 322 g/mol. The fourth-order valence-electron chi connectivity index (χ4n) is 2.09. The number of carbonyl (C=O) groups excluding carboxylic acids is 1. The summed E-state index contributed by atoms with van der Waals surface area (Å²) in [7, 11) is 0. The van der Waals surface area contributed by atoms with E-state index in [4.69, 9.17) is 11.6 Å². The Labute approximate surface area is 134 Å². The molecule has 1 amide bonds. The summed E-state index contributed by atoms with van der Waals surface area (Å²) in [5.41, 5.74) is 2.08. The lowest BCUT2D eigenvalue weighted by atomic mass is 10.1. The van der Waals surface area contributed by atoms with E-state index in [1.807, 2.05) is 36.5 Å². The van der Waals surface area contributed by atoms with Crippen LogP contribution in [0.1, 0.15) is 24.1 Å². The van der Waals surface area contributed by atoms with E-state index in [0.29, 0.717) is 16.3 Å². The third kappa shape index (κ3) is 4.55. The normalized spacial score (nSPS) is 12.0. The Bertz CT molecular complexity index is 675. The molecule has 0 aliphatic rings. The van der Waals surface area contributed by atoms with Crippen molar-refractivity contribution in [2.45, 2.75) is 19.9 Å². The summed E-state index contributed by atoms with van der Waals surface area (Å²) >= 11 is 5.96. The SMILES string of the molecule is Cc1ccc(NC(=O)C[NH2+][C@H](C)c2cccc(Cl)c2)cc1F. The van der Waals surface area contributed by atoms with E-state index in [-0.39, 0.29) is 24.3 Å². The van der Waals surface area contributed by atoms with Crippen LogP contribution in [0.4, 0.5) is 10.1 Å². The van der Waals surface area contributed by atoms with Crippen LogP contribution < -0.4 is 10.6 Å². The lowest BCUT2D eigenvalue weighted by Crippen LogP contribution is -2.86. The van der Waals surface area contributed by atoms with Gasteiger partial charge in [0.1, 0.15) is 11.9 Å². The predicted octanol–water partition coefficient (Wildman–Crippen LogP) is 3.05. The molecule has 0 saturated heterocycles. The van der Waals surface area contributed by atoms with Gasteiger partial charge in [-0.3, -0.25) is 4.79 Å². The van der Waals surface area contributed by atoms with Crippen LogP contribution in [0.3, 0.4) is 0 Å². The van der Waals surface area contributed by atoms with Crippen molar-refractivity contribution in [2.75, 3.05) is 11.9 Å². The third-order valence-corrected chi connectivity index (χ3v) is 3.72. The van der Waals surface area contributed by atoms with Gasteiger partial charge in [0.15, 0.2) is 6.54 Å². The van der Waals surface area contributed by atoms with Gasteiger partial charge in [0.2, 0.25) is 0 Å². The highest BCUT2D eigenvalue weighted by atomic mass is 35.5. The molecule has 0 spiro atoms. The van der Waals surface area contributed by atoms with Gasteiger partial charge in [-0.1, -0.05) is 29.8 Å². The first-order valence-electron chi connectivity index (χ1n) is 7.10. The summed E-state index contributed by atoms with van der Waals surface area (Å²) in [5.74, 6) is -0.494. The third-order valence-electron chi connectivity index (χ3n) is 3.49. The van der Waals surface area contributed by atoms with Crippen LogP contribution in [0.25, 0.3) is 0 Å². The van der Waals surface area contributed by atoms with Crippen LogP contribution >= 0.6 is 11.6 Å². The fourth-order valence-corrected chi connectivity index (χ4v) is 2.29. The molecule has 2 aromatic carbocycles. The summed E-state index contributed by atoms with van der Waals surface area (Å²) in [6.45, 7) is 3.94. The second-order valence-corrected chi connectivity index (χ2v) is 5.73. The van der Waals surface area contributed by atoms with Crippen LogP contribution in [0.2, 0.25) is 5.02 Å². The first-order valence-corrected chi connectivity index (χ1v) is 7.48. The Morgan fingerprint density at radius 1 is 1.32 bits per heavy atom. The monoisotopic (exact) mass is 321 g/mol.